The maximum absolute atomic E-state index is 13.0. The van der Waals surface area contributed by atoms with E-state index in [1.165, 1.54) is 0 Å². The number of nitrogens with one attached hydrogen (secondary N) is 1. The first-order valence-electron chi connectivity index (χ1n) is 11.4. The molecule has 2 aliphatic rings. The van der Waals surface area contributed by atoms with Gasteiger partial charge in [0.2, 0.25) is 11.8 Å². The normalized spacial score (nSPS) is 18.8. The van der Waals surface area contributed by atoms with Crippen LogP contribution in [0.5, 0.6) is 0 Å². The van der Waals surface area contributed by atoms with Crippen LogP contribution in [0.1, 0.15) is 6.92 Å². The fraction of sp³-hybridized carbons (Fsp3) is 0.440. The van der Waals surface area contributed by atoms with E-state index in [-0.39, 0.29) is 17.9 Å². The van der Waals surface area contributed by atoms with Gasteiger partial charge in [0, 0.05) is 50.5 Å². The summed E-state index contributed by atoms with van der Waals surface area (Å²) in [6, 6.07) is 17.7. The van der Waals surface area contributed by atoms with E-state index in [1.807, 2.05) is 66.4 Å². The van der Waals surface area contributed by atoms with Crippen molar-refractivity contribution in [1.82, 2.24) is 14.7 Å². The molecule has 0 aliphatic carbocycles. The van der Waals surface area contributed by atoms with Gasteiger partial charge in [-0.3, -0.25) is 19.4 Å². The number of amides is 2. The molecule has 2 amide bonds. The van der Waals surface area contributed by atoms with E-state index >= 15 is 0 Å². The first-order chi connectivity index (χ1) is 15.6. The van der Waals surface area contributed by atoms with Crippen molar-refractivity contribution in [2.75, 3.05) is 64.3 Å². The molecule has 0 saturated carbocycles. The molecule has 2 aromatic carbocycles. The summed E-state index contributed by atoms with van der Waals surface area (Å²) in [5, 5.41) is 3.13. The molecule has 1 N–H and O–H groups in total. The Balaban J connectivity index is 1.30. The minimum absolute atomic E-state index is 0.00813. The van der Waals surface area contributed by atoms with Gasteiger partial charge in [-0.25, -0.2) is 0 Å². The number of nitrogens with zero attached hydrogens (tertiary/aromatic N) is 3. The standard InChI is InChI=1S/C25H32N4O3/c1-20(25(31)26-23-10-6-5-9-22(23)21-7-3-2-4-8-21)28-13-11-27(12-14-28)19-24(30)29-15-17-32-18-16-29/h2-10,20H,11-19H2,1H3,(H,26,31)/t20-/m1/s1. The minimum Gasteiger partial charge on any atom is -0.378 e. The summed E-state index contributed by atoms with van der Waals surface area (Å²) < 4.78 is 5.33. The van der Waals surface area contributed by atoms with Crippen molar-refractivity contribution in [3.8, 4) is 11.1 Å². The number of benzene rings is 2. The van der Waals surface area contributed by atoms with Crippen molar-refractivity contribution in [2.24, 2.45) is 0 Å². The van der Waals surface area contributed by atoms with Gasteiger partial charge in [-0.1, -0.05) is 48.5 Å². The lowest BCUT2D eigenvalue weighted by atomic mass is 10.0. The molecule has 0 radical (unpaired) electrons. The van der Waals surface area contributed by atoms with Gasteiger partial charge in [-0.2, -0.15) is 0 Å². The number of hydrogen-bond acceptors (Lipinski definition) is 5. The van der Waals surface area contributed by atoms with E-state index in [4.69, 9.17) is 4.74 Å². The smallest absolute Gasteiger partial charge is 0.241 e. The number of hydrogen-bond donors (Lipinski definition) is 1. The topological polar surface area (TPSA) is 65.1 Å². The highest BCUT2D eigenvalue weighted by Gasteiger charge is 2.28. The molecular formula is C25H32N4O3. The SMILES string of the molecule is C[C@H](C(=O)Nc1ccccc1-c1ccccc1)N1CCN(CC(=O)N2CCOCC2)CC1. The van der Waals surface area contributed by atoms with E-state index in [9.17, 15) is 9.59 Å². The molecule has 2 fully saturated rings. The predicted molar refractivity (Wildman–Crippen MR) is 125 cm³/mol. The molecule has 0 aromatic heterocycles. The second-order valence-corrected chi connectivity index (χ2v) is 8.38. The molecule has 0 spiro atoms. The van der Waals surface area contributed by atoms with Gasteiger partial charge in [0.25, 0.3) is 0 Å². The summed E-state index contributed by atoms with van der Waals surface area (Å²) >= 11 is 0. The lowest BCUT2D eigenvalue weighted by Gasteiger charge is -2.38. The highest BCUT2D eigenvalue weighted by Crippen LogP contribution is 2.27. The van der Waals surface area contributed by atoms with Gasteiger partial charge in [0.15, 0.2) is 0 Å². The van der Waals surface area contributed by atoms with Crippen LogP contribution in [-0.4, -0.2) is 91.6 Å². The molecular weight excluding hydrogens is 404 g/mol. The summed E-state index contributed by atoms with van der Waals surface area (Å²) in [5.74, 6) is 0.163. The van der Waals surface area contributed by atoms with Crippen LogP contribution < -0.4 is 5.32 Å². The highest BCUT2D eigenvalue weighted by molar-refractivity contribution is 5.98. The average Bonchev–Trinajstić information content (AvgIpc) is 2.85. The van der Waals surface area contributed by atoms with Crippen LogP contribution in [0.25, 0.3) is 11.1 Å². The highest BCUT2D eigenvalue weighted by atomic mass is 16.5. The Bertz CT molecular complexity index is 906. The zero-order chi connectivity index (χ0) is 22.3. The Labute approximate surface area is 189 Å². The van der Waals surface area contributed by atoms with Gasteiger partial charge in [0.1, 0.15) is 0 Å². The fourth-order valence-corrected chi connectivity index (χ4v) is 4.28. The maximum Gasteiger partial charge on any atom is 0.241 e. The number of para-hydroxylation sites is 1. The first-order valence-corrected chi connectivity index (χ1v) is 11.4. The summed E-state index contributed by atoms with van der Waals surface area (Å²) in [4.78, 5) is 31.8. The van der Waals surface area contributed by atoms with E-state index in [1.54, 1.807) is 0 Å². The fourth-order valence-electron chi connectivity index (χ4n) is 4.28. The number of carbonyl (C=O) groups is 2. The second-order valence-electron chi connectivity index (χ2n) is 8.38. The maximum atomic E-state index is 13.0. The van der Waals surface area contributed by atoms with Gasteiger partial charge in [0.05, 0.1) is 25.8 Å². The Morgan fingerprint density at radius 2 is 1.56 bits per heavy atom. The molecule has 0 unspecified atom stereocenters. The molecule has 7 heteroatoms. The molecule has 0 bridgehead atoms. The second kappa shape index (κ2) is 10.7. The van der Waals surface area contributed by atoms with Crippen LogP contribution >= 0.6 is 0 Å². The van der Waals surface area contributed by atoms with Crippen molar-refractivity contribution in [1.29, 1.82) is 0 Å². The minimum atomic E-state index is -0.240. The van der Waals surface area contributed by atoms with Crippen molar-refractivity contribution in [2.45, 2.75) is 13.0 Å². The van der Waals surface area contributed by atoms with Crippen LogP contribution in [0.15, 0.2) is 54.6 Å². The Kier molecular flexibility index (Phi) is 7.52. The molecule has 32 heavy (non-hydrogen) atoms. The van der Waals surface area contributed by atoms with Gasteiger partial charge in [-0.15, -0.1) is 0 Å². The molecule has 170 valence electrons. The number of ether oxygens (including phenoxy) is 1. The molecule has 2 saturated heterocycles. The summed E-state index contributed by atoms with van der Waals surface area (Å²) in [6.07, 6.45) is 0. The van der Waals surface area contributed by atoms with Gasteiger partial charge >= 0.3 is 0 Å². The van der Waals surface area contributed by atoms with Crippen LogP contribution in [0, 0.1) is 0 Å². The monoisotopic (exact) mass is 436 g/mol. The zero-order valence-corrected chi connectivity index (χ0v) is 18.7. The molecule has 2 aliphatic heterocycles. The number of rotatable bonds is 6. The number of piperazine rings is 1. The van der Waals surface area contributed by atoms with Gasteiger partial charge in [-0.05, 0) is 18.6 Å². The Morgan fingerprint density at radius 3 is 2.28 bits per heavy atom. The van der Waals surface area contributed by atoms with Crippen LogP contribution in [0.4, 0.5) is 5.69 Å². The van der Waals surface area contributed by atoms with Crippen LogP contribution in [-0.2, 0) is 14.3 Å². The molecule has 2 aromatic rings. The zero-order valence-electron chi connectivity index (χ0n) is 18.7. The van der Waals surface area contributed by atoms with E-state index in [2.05, 4.69) is 15.1 Å². The van der Waals surface area contributed by atoms with Crippen molar-refractivity contribution >= 4 is 17.5 Å². The quantitative estimate of drug-likeness (QED) is 0.752. The molecule has 7 nitrogen and oxygen atoms in total. The number of anilines is 1. The lowest BCUT2D eigenvalue weighted by molar-refractivity contribution is -0.137. The molecule has 1 atom stereocenters. The van der Waals surface area contributed by atoms with Crippen LogP contribution in [0.2, 0.25) is 0 Å². The average molecular weight is 437 g/mol. The summed E-state index contributed by atoms with van der Waals surface area (Å²) in [6.45, 7) is 8.12. The van der Waals surface area contributed by atoms with Crippen molar-refractivity contribution in [3.63, 3.8) is 0 Å². The first kappa shape index (κ1) is 22.5. The largest absolute Gasteiger partial charge is 0.378 e. The third-order valence-electron chi connectivity index (χ3n) is 6.33. The number of carbonyl (C=O) groups excluding carboxylic acids is 2. The molecule has 2 heterocycles. The predicted octanol–water partition coefficient (Wildman–Crippen LogP) is 2.16. The Hall–Kier alpha value is -2.74. The summed E-state index contributed by atoms with van der Waals surface area (Å²) in [7, 11) is 0. The van der Waals surface area contributed by atoms with Crippen molar-refractivity contribution in [3.05, 3.63) is 54.6 Å². The molecule has 4 rings (SSSR count). The van der Waals surface area contributed by atoms with Crippen molar-refractivity contribution < 1.29 is 14.3 Å². The number of morpholine rings is 1. The lowest BCUT2D eigenvalue weighted by Crippen LogP contribution is -2.55. The van der Waals surface area contributed by atoms with Crippen LogP contribution in [0.3, 0.4) is 0 Å². The van der Waals surface area contributed by atoms with E-state index in [0.29, 0.717) is 32.8 Å². The summed E-state index contributed by atoms with van der Waals surface area (Å²) in [5.41, 5.74) is 2.92. The van der Waals surface area contributed by atoms with E-state index in [0.717, 1.165) is 43.0 Å². The third kappa shape index (κ3) is 5.54. The van der Waals surface area contributed by atoms with Gasteiger partial charge < -0.3 is 15.0 Å². The van der Waals surface area contributed by atoms with E-state index < -0.39 is 0 Å². The Morgan fingerprint density at radius 1 is 0.906 bits per heavy atom. The third-order valence-corrected chi connectivity index (χ3v) is 6.33.